The summed E-state index contributed by atoms with van der Waals surface area (Å²) in [6.45, 7) is 12.5. The zero-order chi connectivity index (χ0) is 30.3. The molecule has 6 aliphatic rings. The summed E-state index contributed by atoms with van der Waals surface area (Å²) in [7, 11) is 3.43. The van der Waals surface area contributed by atoms with Crippen LogP contribution in [-0.2, 0) is 28.4 Å². The molecule has 0 aromatic heterocycles. The van der Waals surface area contributed by atoms with Crippen LogP contribution in [0.15, 0.2) is 72.8 Å². The van der Waals surface area contributed by atoms with Gasteiger partial charge >= 0.3 is 0 Å². The van der Waals surface area contributed by atoms with Gasteiger partial charge in [0.25, 0.3) is 0 Å². The van der Waals surface area contributed by atoms with Crippen LogP contribution in [0.2, 0.25) is 0 Å². The molecule has 9 rings (SSSR count). The molecule has 4 atom stereocenters. The fourth-order valence-electron chi connectivity index (χ4n) is 10.5. The van der Waals surface area contributed by atoms with Crippen molar-refractivity contribution in [2.75, 3.05) is 26.2 Å². The summed E-state index contributed by atoms with van der Waals surface area (Å²) in [4.78, 5) is 0. The van der Waals surface area contributed by atoms with Crippen LogP contribution in [-0.4, -0.2) is 37.0 Å². The van der Waals surface area contributed by atoms with Crippen molar-refractivity contribution in [3.63, 3.8) is 0 Å². The standard InChI is InChI=1S/C35H51N2P2.C5H5.Fe/c1-34(2,3)39(33-27-14-23-13-24(16-27)17-28(33)15-23)22-29-18-26(25-7-5-4-6-8-25)19-32(29)35(38,30-9-11-36-20-30)31-10-12-37-21-31;1-2-4-5-3-1;/h4-8,18-19,23-24,27-28,30-31,33,36-37H,9-17,20-22,38H2,1-3H3;1-5H;/q-1;-5;. The first kappa shape index (κ1) is 34.1. The van der Waals surface area contributed by atoms with Gasteiger partial charge in [-0.1, -0.05) is 62.8 Å². The minimum absolute atomic E-state index is 0. The maximum absolute atomic E-state index is 3.75. The molecule has 5 heteroatoms. The van der Waals surface area contributed by atoms with Crippen molar-refractivity contribution in [3.05, 3.63) is 83.9 Å². The molecule has 2 nitrogen and oxygen atoms in total. The number of nitrogens with one attached hydrogen (secondary N) is 2. The van der Waals surface area contributed by atoms with Gasteiger partial charge in [-0.05, 0) is 123 Å². The van der Waals surface area contributed by atoms with Gasteiger partial charge in [0.15, 0.2) is 0 Å². The molecule has 4 unspecified atom stereocenters. The molecule has 4 aliphatic carbocycles. The molecule has 0 amide bonds. The normalized spacial score (nSPS) is 32.4. The summed E-state index contributed by atoms with van der Waals surface area (Å²) >= 11 is 0. The van der Waals surface area contributed by atoms with Gasteiger partial charge in [0.1, 0.15) is 0 Å². The van der Waals surface area contributed by atoms with E-state index in [1.54, 1.807) is 43.2 Å². The Morgan fingerprint density at radius 3 is 1.80 bits per heavy atom. The van der Waals surface area contributed by atoms with Crippen molar-refractivity contribution in [1.29, 1.82) is 0 Å². The Hall–Kier alpha value is -0.781. The van der Waals surface area contributed by atoms with Crippen LogP contribution in [0.4, 0.5) is 0 Å². The van der Waals surface area contributed by atoms with Crippen LogP contribution in [0.1, 0.15) is 76.8 Å². The van der Waals surface area contributed by atoms with Gasteiger partial charge in [0.2, 0.25) is 0 Å². The van der Waals surface area contributed by atoms with Gasteiger partial charge in [-0.25, -0.2) is 6.07 Å². The number of rotatable bonds is 7. The summed E-state index contributed by atoms with van der Waals surface area (Å²) in [6.07, 6.45) is 11.7. The molecule has 2 heterocycles. The molecular weight excluding hydrogens is 626 g/mol. The third kappa shape index (κ3) is 7.03. The molecule has 4 saturated carbocycles. The smallest absolute Gasteiger partial charge is 0 e. The van der Waals surface area contributed by atoms with Crippen LogP contribution in [0, 0.1) is 35.5 Å². The first-order valence-electron chi connectivity index (χ1n) is 17.8. The van der Waals surface area contributed by atoms with Crippen molar-refractivity contribution >= 4 is 17.2 Å². The van der Waals surface area contributed by atoms with E-state index < -0.39 is 0 Å². The van der Waals surface area contributed by atoms with E-state index in [0.29, 0.717) is 17.0 Å². The van der Waals surface area contributed by atoms with Gasteiger partial charge in [-0.15, -0.1) is 22.7 Å². The largest absolute Gasteiger partial charge is 0.748 e. The summed E-state index contributed by atoms with van der Waals surface area (Å²) in [5, 5.41) is 8.05. The van der Waals surface area contributed by atoms with E-state index in [-0.39, 0.29) is 30.1 Å². The van der Waals surface area contributed by atoms with Crippen LogP contribution in [0.3, 0.4) is 0 Å². The monoisotopic (exact) mass is 682 g/mol. The van der Waals surface area contributed by atoms with Gasteiger partial charge in [-0.2, -0.15) is 17.2 Å². The first-order chi connectivity index (χ1) is 21.3. The van der Waals surface area contributed by atoms with Gasteiger partial charge in [0, 0.05) is 17.1 Å². The number of hydrogen-bond donors (Lipinski definition) is 2. The molecule has 3 aromatic rings. The fourth-order valence-corrected chi connectivity index (χ4v) is 15.0. The quantitative estimate of drug-likeness (QED) is 0.148. The van der Waals surface area contributed by atoms with E-state index in [9.17, 15) is 0 Å². The van der Waals surface area contributed by atoms with Crippen molar-refractivity contribution in [2.45, 2.75) is 87.9 Å². The minimum Gasteiger partial charge on any atom is -0.748 e. The molecule has 2 saturated heterocycles. The van der Waals surface area contributed by atoms with Crippen molar-refractivity contribution in [1.82, 2.24) is 10.6 Å². The van der Waals surface area contributed by atoms with Crippen molar-refractivity contribution in [3.8, 4) is 11.1 Å². The van der Waals surface area contributed by atoms with Crippen LogP contribution >= 0.6 is 17.2 Å². The summed E-state index contributed by atoms with van der Waals surface area (Å²) in [6, 6.07) is 26.6. The average Bonchev–Trinajstić information content (AvgIpc) is 3.84. The predicted molar refractivity (Wildman–Crippen MR) is 194 cm³/mol. The second kappa shape index (κ2) is 14.4. The average molecular weight is 683 g/mol. The van der Waals surface area contributed by atoms with Gasteiger partial charge < -0.3 is 41.0 Å². The van der Waals surface area contributed by atoms with E-state index in [4.69, 9.17) is 0 Å². The zero-order valence-corrected chi connectivity index (χ0v) is 31.0. The van der Waals surface area contributed by atoms with E-state index in [1.807, 2.05) is 30.3 Å². The Balaban J connectivity index is 0.000000545. The summed E-state index contributed by atoms with van der Waals surface area (Å²) in [5.41, 5.74) is 7.22. The molecule has 2 N–H and O–H groups in total. The topological polar surface area (TPSA) is 24.1 Å². The van der Waals surface area contributed by atoms with Crippen LogP contribution in [0.25, 0.3) is 11.1 Å². The van der Waals surface area contributed by atoms with E-state index >= 15 is 0 Å². The Kier molecular flexibility index (Phi) is 10.9. The number of hydrogen-bond acceptors (Lipinski definition) is 2. The van der Waals surface area contributed by atoms with E-state index in [2.05, 4.69) is 83.1 Å². The zero-order valence-electron chi connectivity index (χ0n) is 27.8. The molecule has 3 aromatic carbocycles. The predicted octanol–water partition coefficient (Wildman–Crippen LogP) is 9.37. The van der Waals surface area contributed by atoms with Crippen molar-refractivity contribution < 1.29 is 17.1 Å². The Labute approximate surface area is 288 Å². The van der Waals surface area contributed by atoms with Crippen LogP contribution in [0.5, 0.6) is 0 Å². The molecule has 4 bridgehead atoms. The molecule has 45 heavy (non-hydrogen) atoms. The third-order valence-corrected chi connectivity index (χ3v) is 17.5. The molecule has 2 aliphatic heterocycles. The maximum Gasteiger partial charge on any atom is 0 e. The first-order valence-corrected chi connectivity index (χ1v) is 20.0. The minimum atomic E-state index is -0.112. The molecule has 6 fully saturated rings. The van der Waals surface area contributed by atoms with E-state index in [0.717, 1.165) is 42.4 Å². The third-order valence-electron chi connectivity index (χ3n) is 12.3. The maximum atomic E-state index is 3.75. The second-order valence-corrected chi connectivity index (χ2v) is 20.2. The molecule has 0 radical (unpaired) electrons. The SMILES string of the molecule is CC(C)(C)P(C[c-]1cc(-c2ccccc2)cc1C(P)(C1CCNC1)C1CCNC1)C1C2CC3CC(C2)CC1C3.[Fe].[cH-]1[cH-][cH-][cH-][cH-]1. The van der Waals surface area contributed by atoms with Crippen LogP contribution < -0.4 is 10.6 Å². The fraction of sp³-hybridized carbons (Fsp3) is 0.600. The molecule has 0 spiro atoms. The molecular formula is C40H56FeN2P2-6. The Bertz CT molecular complexity index is 1270. The summed E-state index contributed by atoms with van der Waals surface area (Å²) in [5.74, 6) is 5.53. The van der Waals surface area contributed by atoms with E-state index in [1.165, 1.54) is 43.2 Å². The van der Waals surface area contributed by atoms with Crippen molar-refractivity contribution in [2.24, 2.45) is 35.5 Å². The second-order valence-electron chi connectivity index (χ2n) is 16.0. The Morgan fingerprint density at radius 1 is 0.800 bits per heavy atom. The summed E-state index contributed by atoms with van der Waals surface area (Å²) < 4.78 is 0. The van der Waals surface area contributed by atoms with Gasteiger partial charge in [0.05, 0.1) is 0 Å². The number of benzene rings is 1. The molecule has 250 valence electrons. The Morgan fingerprint density at radius 2 is 1.33 bits per heavy atom. The van der Waals surface area contributed by atoms with Gasteiger partial charge in [-0.3, -0.25) is 0 Å².